The SMILES string of the molecule is COc1cc(OCC(=O)N2CCOCC2)ccc1Oc1ncc(C(N)=O)cn1. The second-order valence-electron chi connectivity index (χ2n) is 5.82. The molecule has 1 aliphatic heterocycles. The van der Waals surface area contributed by atoms with Crippen LogP contribution in [0.25, 0.3) is 0 Å². The van der Waals surface area contributed by atoms with Gasteiger partial charge < -0.3 is 29.6 Å². The summed E-state index contributed by atoms with van der Waals surface area (Å²) in [7, 11) is 1.47. The Hall–Kier alpha value is -3.40. The Morgan fingerprint density at radius 3 is 2.54 bits per heavy atom. The number of aromatic nitrogens is 2. The summed E-state index contributed by atoms with van der Waals surface area (Å²) in [6, 6.07) is 4.88. The van der Waals surface area contributed by atoms with E-state index in [0.717, 1.165) is 0 Å². The van der Waals surface area contributed by atoms with Gasteiger partial charge in [0.15, 0.2) is 18.1 Å². The van der Waals surface area contributed by atoms with Gasteiger partial charge in [-0.25, -0.2) is 9.97 Å². The van der Waals surface area contributed by atoms with E-state index in [-0.39, 0.29) is 24.1 Å². The number of hydrogen-bond acceptors (Lipinski definition) is 8. The highest BCUT2D eigenvalue weighted by molar-refractivity contribution is 5.92. The number of carbonyl (C=O) groups is 2. The Labute approximate surface area is 161 Å². The number of nitrogens with zero attached hydrogens (tertiary/aromatic N) is 3. The highest BCUT2D eigenvalue weighted by atomic mass is 16.5. The Kier molecular flexibility index (Phi) is 6.22. The largest absolute Gasteiger partial charge is 0.493 e. The van der Waals surface area contributed by atoms with Crippen molar-refractivity contribution in [2.24, 2.45) is 5.73 Å². The van der Waals surface area contributed by atoms with E-state index in [1.54, 1.807) is 23.1 Å². The van der Waals surface area contributed by atoms with Gasteiger partial charge in [0.1, 0.15) is 5.75 Å². The number of carbonyl (C=O) groups excluding carboxylic acids is 2. The zero-order valence-corrected chi connectivity index (χ0v) is 15.3. The predicted octanol–water partition coefficient (Wildman–Crippen LogP) is 0.614. The van der Waals surface area contributed by atoms with Crippen LogP contribution < -0.4 is 19.9 Å². The zero-order chi connectivity index (χ0) is 19.9. The van der Waals surface area contributed by atoms with Crippen LogP contribution in [0.5, 0.6) is 23.3 Å². The summed E-state index contributed by atoms with van der Waals surface area (Å²) in [5, 5.41) is 0. The van der Waals surface area contributed by atoms with E-state index < -0.39 is 5.91 Å². The van der Waals surface area contributed by atoms with Crippen molar-refractivity contribution in [2.45, 2.75) is 0 Å². The van der Waals surface area contributed by atoms with E-state index in [4.69, 9.17) is 24.7 Å². The van der Waals surface area contributed by atoms with Crippen LogP contribution in [-0.4, -0.2) is 66.7 Å². The number of morpholine rings is 1. The molecule has 1 saturated heterocycles. The molecule has 1 aromatic heterocycles. The van der Waals surface area contributed by atoms with Crippen LogP contribution in [0.3, 0.4) is 0 Å². The molecule has 148 valence electrons. The van der Waals surface area contributed by atoms with Crippen molar-refractivity contribution in [1.82, 2.24) is 14.9 Å². The van der Waals surface area contributed by atoms with E-state index in [1.165, 1.54) is 19.5 Å². The number of hydrogen-bond donors (Lipinski definition) is 1. The third-order valence-electron chi connectivity index (χ3n) is 3.98. The molecule has 0 atom stereocenters. The van der Waals surface area contributed by atoms with E-state index in [2.05, 4.69) is 9.97 Å². The van der Waals surface area contributed by atoms with E-state index in [1.807, 2.05) is 0 Å². The molecule has 10 nitrogen and oxygen atoms in total. The van der Waals surface area contributed by atoms with E-state index >= 15 is 0 Å². The highest BCUT2D eigenvalue weighted by Crippen LogP contribution is 2.33. The van der Waals surface area contributed by atoms with Gasteiger partial charge in [0.05, 0.1) is 25.9 Å². The number of primary amides is 1. The van der Waals surface area contributed by atoms with Gasteiger partial charge >= 0.3 is 6.01 Å². The number of amides is 2. The molecule has 1 fully saturated rings. The number of methoxy groups -OCH3 is 1. The molecule has 0 unspecified atom stereocenters. The molecular weight excluding hydrogens is 368 g/mol. The second kappa shape index (κ2) is 9.00. The Balaban J connectivity index is 1.62. The summed E-state index contributed by atoms with van der Waals surface area (Å²) in [6.07, 6.45) is 2.54. The number of benzene rings is 1. The van der Waals surface area contributed by atoms with Crippen molar-refractivity contribution in [2.75, 3.05) is 40.0 Å². The van der Waals surface area contributed by atoms with Crippen LogP contribution in [0.4, 0.5) is 0 Å². The van der Waals surface area contributed by atoms with Crippen molar-refractivity contribution < 1.29 is 28.5 Å². The summed E-state index contributed by atoms with van der Waals surface area (Å²) in [5.74, 6) is 0.443. The quantitative estimate of drug-likeness (QED) is 0.731. The molecule has 2 amide bonds. The lowest BCUT2D eigenvalue weighted by Gasteiger charge is -2.26. The molecule has 0 bridgehead atoms. The lowest BCUT2D eigenvalue weighted by atomic mass is 10.3. The smallest absolute Gasteiger partial charge is 0.322 e. The third-order valence-corrected chi connectivity index (χ3v) is 3.98. The standard InChI is InChI=1S/C18H20N4O6/c1-25-15-8-13(27-11-16(23)22-4-6-26-7-5-22)2-3-14(15)28-18-20-9-12(10-21-18)17(19)24/h2-3,8-10H,4-7,11H2,1H3,(H2,19,24). The number of rotatable bonds is 7. The number of ether oxygens (including phenoxy) is 4. The van der Waals surface area contributed by atoms with E-state index in [9.17, 15) is 9.59 Å². The molecule has 3 rings (SSSR count). The van der Waals surface area contributed by atoms with Crippen LogP contribution in [0, 0.1) is 0 Å². The Morgan fingerprint density at radius 2 is 1.89 bits per heavy atom. The first kappa shape index (κ1) is 19.4. The zero-order valence-electron chi connectivity index (χ0n) is 15.3. The fourth-order valence-electron chi connectivity index (χ4n) is 2.47. The van der Waals surface area contributed by atoms with Gasteiger partial charge in [-0.2, -0.15) is 0 Å². The van der Waals surface area contributed by atoms with Gasteiger partial charge in [0, 0.05) is 31.5 Å². The Bertz CT molecular complexity index is 836. The Morgan fingerprint density at radius 1 is 1.18 bits per heavy atom. The van der Waals surface area contributed by atoms with Crippen molar-refractivity contribution in [3.8, 4) is 23.3 Å². The minimum Gasteiger partial charge on any atom is -0.493 e. The summed E-state index contributed by atoms with van der Waals surface area (Å²) in [5.41, 5.74) is 5.32. The highest BCUT2D eigenvalue weighted by Gasteiger charge is 2.17. The van der Waals surface area contributed by atoms with Crippen LogP contribution in [0.1, 0.15) is 10.4 Å². The fraction of sp³-hybridized carbons (Fsp3) is 0.333. The van der Waals surface area contributed by atoms with Crippen LogP contribution in [0.2, 0.25) is 0 Å². The molecule has 2 aromatic rings. The average Bonchev–Trinajstić information content (AvgIpc) is 2.73. The molecule has 2 heterocycles. The van der Waals surface area contributed by atoms with Gasteiger partial charge in [-0.3, -0.25) is 9.59 Å². The molecule has 0 saturated carbocycles. The maximum Gasteiger partial charge on any atom is 0.322 e. The lowest BCUT2D eigenvalue weighted by molar-refractivity contribution is -0.137. The fourth-order valence-corrected chi connectivity index (χ4v) is 2.47. The topological polar surface area (TPSA) is 126 Å². The predicted molar refractivity (Wildman–Crippen MR) is 96.5 cm³/mol. The molecule has 0 aliphatic carbocycles. The molecule has 10 heteroatoms. The van der Waals surface area contributed by atoms with Crippen molar-refractivity contribution in [3.63, 3.8) is 0 Å². The van der Waals surface area contributed by atoms with Gasteiger partial charge in [-0.15, -0.1) is 0 Å². The average molecular weight is 388 g/mol. The minimum atomic E-state index is -0.628. The summed E-state index contributed by atoms with van der Waals surface area (Å²) >= 11 is 0. The van der Waals surface area contributed by atoms with Crippen LogP contribution >= 0.6 is 0 Å². The molecule has 28 heavy (non-hydrogen) atoms. The lowest BCUT2D eigenvalue weighted by Crippen LogP contribution is -2.42. The molecular formula is C18H20N4O6. The maximum atomic E-state index is 12.1. The summed E-state index contributed by atoms with van der Waals surface area (Å²) in [4.78, 5) is 32.7. The molecule has 0 radical (unpaired) electrons. The number of nitrogens with two attached hydrogens (primary N) is 1. The van der Waals surface area contributed by atoms with Crippen molar-refractivity contribution in [3.05, 3.63) is 36.2 Å². The van der Waals surface area contributed by atoms with Gasteiger partial charge in [0.2, 0.25) is 0 Å². The van der Waals surface area contributed by atoms with Gasteiger partial charge in [-0.1, -0.05) is 0 Å². The normalized spacial score (nSPS) is 13.7. The van der Waals surface area contributed by atoms with Crippen molar-refractivity contribution in [1.29, 1.82) is 0 Å². The van der Waals surface area contributed by atoms with Gasteiger partial charge in [-0.05, 0) is 12.1 Å². The molecule has 2 N–H and O–H groups in total. The molecule has 1 aliphatic rings. The third kappa shape index (κ3) is 4.86. The second-order valence-corrected chi connectivity index (χ2v) is 5.82. The summed E-state index contributed by atoms with van der Waals surface area (Å²) in [6.45, 7) is 2.11. The monoisotopic (exact) mass is 388 g/mol. The maximum absolute atomic E-state index is 12.1. The van der Waals surface area contributed by atoms with Crippen molar-refractivity contribution >= 4 is 11.8 Å². The van der Waals surface area contributed by atoms with Crippen LogP contribution in [0.15, 0.2) is 30.6 Å². The first-order valence-electron chi connectivity index (χ1n) is 8.53. The molecule has 0 spiro atoms. The minimum absolute atomic E-state index is 0.0273. The first-order chi connectivity index (χ1) is 13.6. The van der Waals surface area contributed by atoms with Gasteiger partial charge in [0.25, 0.3) is 11.8 Å². The van der Waals surface area contributed by atoms with Crippen LogP contribution in [-0.2, 0) is 9.53 Å². The summed E-state index contributed by atoms with van der Waals surface area (Å²) < 4.78 is 21.6. The first-order valence-corrected chi connectivity index (χ1v) is 8.53. The van der Waals surface area contributed by atoms with E-state index in [0.29, 0.717) is 43.6 Å². The molecule has 1 aromatic carbocycles.